The molecule has 2 saturated heterocycles. The van der Waals surface area contributed by atoms with Crippen molar-refractivity contribution in [1.82, 2.24) is 15.1 Å². The van der Waals surface area contributed by atoms with E-state index >= 15 is 0 Å². The summed E-state index contributed by atoms with van der Waals surface area (Å²) in [6.45, 7) is 9.92. The number of carbonyl (C=O) groups excluding carboxylic acids is 1. The Bertz CT molecular complexity index is 300. The lowest BCUT2D eigenvalue weighted by Crippen LogP contribution is -2.50. The smallest absolute Gasteiger partial charge is 0.240 e. The topological polar surface area (TPSA) is 35.6 Å². The summed E-state index contributed by atoms with van der Waals surface area (Å²) in [5.41, 5.74) is 0. The number of hydrogen-bond donors (Lipinski definition) is 1. The molecule has 2 rings (SSSR count). The van der Waals surface area contributed by atoms with Gasteiger partial charge in [0.2, 0.25) is 5.91 Å². The molecule has 2 atom stereocenters. The van der Waals surface area contributed by atoms with Crippen LogP contribution < -0.4 is 5.32 Å². The number of hydrogen-bond acceptors (Lipinski definition) is 3. The van der Waals surface area contributed by atoms with Crippen LogP contribution in [0.2, 0.25) is 0 Å². The number of amides is 1. The maximum atomic E-state index is 12.3. The fraction of sp³-hybridized carbons (Fsp3) is 0.933. The first-order chi connectivity index (χ1) is 9.17. The van der Waals surface area contributed by atoms with E-state index in [0.29, 0.717) is 11.9 Å². The zero-order valence-corrected chi connectivity index (χ0v) is 12.7. The highest BCUT2D eigenvalue weighted by Crippen LogP contribution is 2.24. The van der Waals surface area contributed by atoms with Crippen molar-refractivity contribution in [2.75, 3.05) is 19.6 Å². The van der Waals surface area contributed by atoms with E-state index in [1.54, 1.807) is 0 Å². The van der Waals surface area contributed by atoms with Crippen molar-refractivity contribution >= 4 is 5.91 Å². The van der Waals surface area contributed by atoms with Gasteiger partial charge in [-0.15, -0.1) is 0 Å². The number of likely N-dealkylation sites (tertiary alicyclic amines) is 1. The monoisotopic (exact) mass is 267 g/mol. The van der Waals surface area contributed by atoms with E-state index in [0.717, 1.165) is 38.8 Å². The molecule has 110 valence electrons. The SMILES string of the molecule is CCCC1NC(C)C(=O)N1C1CCN(CCC)CC1. The third-order valence-electron chi connectivity index (χ3n) is 4.46. The van der Waals surface area contributed by atoms with Crippen LogP contribution in [0.25, 0.3) is 0 Å². The van der Waals surface area contributed by atoms with Gasteiger partial charge in [0.1, 0.15) is 0 Å². The molecule has 19 heavy (non-hydrogen) atoms. The molecule has 1 N–H and O–H groups in total. The van der Waals surface area contributed by atoms with Crippen molar-refractivity contribution in [2.24, 2.45) is 0 Å². The minimum Gasteiger partial charge on any atom is -0.323 e. The van der Waals surface area contributed by atoms with E-state index < -0.39 is 0 Å². The van der Waals surface area contributed by atoms with Crippen LogP contribution in [0, 0.1) is 0 Å². The van der Waals surface area contributed by atoms with Crippen LogP contribution in [0.3, 0.4) is 0 Å². The van der Waals surface area contributed by atoms with Crippen LogP contribution in [-0.4, -0.2) is 53.6 Å². The van der Waals surface area contributed by atoms with Gasteiger partial charge in [-0.3, -0.25) is 10.1 Å². The highest BCUT2D eigenvalue weighted by Gasteiger charge is 2.40. The fourth-order valence-corrected chi connectivity index (χ4v) is 3.48. The van der Waals surface area contributed by atoms with Gasteiger partial charge in [-0.2, -0.15) is 0 Å². The summed E-state index contributed by atoms with van der Waals surface area (Å²) in [7, 11) is 0. The van der Waals surface area contributed by atoms with E-state index in [-0.39, 0.29) is 12.2 Å². The number of rotatable bonds is 5. The van der Waals surface area contributed by atoms with Crippen molar-refractivity contribution < 1.29 is 4.79 Å². The molecule has 4 heteroatoms. The lowest BCUT2D eigenvalue weighted by Gasteiger charge is -2.39. The quantitative estimate of drug-likeness (QED) is 0.825. The molecule has 1 amide bonds. The highest BCUT2D eigenvalue weighted by molar-refractivity contribution is 5.84. The van der Waals surface area contributed by atoms with E-state index in [1.807, 2.05) is 6.92 Å². The van der Waals surface area contributed by atoms with Crippen molar-refractivity contribution in [3.05, 3.63) is 0 Å². The first-order valence-corrected chi connectivity index (χ1v) is 7.98. The number of piperidine rings is 1. The molecule has 0 aromatic rings. The molecule has 0 saturated carbocycles. The van der Waals surface area contributed by atoms with Crippen molar-refractivity contribution in [3.63, 3.8) is 0 Å². The van der Waals surface area contributed by atoms with Gasteiger partial charge in [0.05, 0.1) is 12.2 Å². The average molecular weight is 267 g/mol. The molecular formula is C15H29N3O. The second kappa shape index (κ2) is 6.71. The number of carbonyl (C=O) groups is 1. The molecule has 0 bridgehead atoms. The molecule has 2 aliphatic rings. The fourth-order valence-electron chi connectivity index (χ4n) is 3.48. The Hall–Kier alpha value is -0.610. The van der Waals surface area contributed by atoms with Gasteiger partial charge in [-0.1, -0.05) is 20.3 Å². The summed E-state index contributed by atoms with van der Waals surface area (Å²) in [6.07, 6.45) is 5.98. The zero-order chi connectivity index (χ0) is 13.8. The van der Waals surface area contributed by atoms with Gasteiger partial charge in [0.25, 0.3) is 0 Å². The van der Waals surface area contributed by atoms with Crippen molar-refractivity contribution in [1.29, 1.82) is 0 Å². The summed E-state index contributed by atoms with van der Waals surface area (Å²) in [5.74, 6) is 0.312. The van der Waals surface area contributed by atoms with Crippen LogP contribution in [0.15, 0.2) is 0 Å². The largest absolute Gasteiger partial charge is 0.323 e. The van der Waals surface area contributed by atoms with Crippen LogP contribution in [0.1, 0.15) is 52.9 Å². The van der Waals surface area contributed by atoms with Crippen molar-refractivity contribution in [3.8, 4) is 0 Å². The molecule has 0 aliphatic carbocycles. The average Bonchev–Trinajstić information content (AvgIpc) is 2.67. The summed E-state index contributed by atoms with van der Waals surface area (Å²) in [4.78, 5) is 17.0. The summed E-state index contributed by atoms with van der Waals surface area (Å²) in [6, 6.07) is 0.458. The van der Waals surface area contributed by atoms with Gasteiger partial charge >= 0.3 is 0 Å². The van der Waals surface area contributed by atoms with Crippen LogP contribution in [0.4, 0.5) is 0 Å². The summed E-state index contributed by atoms with van der Waals surface area (Å²) < 4.78 is 0. The zero-order valence-electron chi connectivity index (χ0n) is 12.7. The first kappa shape index (κ1) is 14.8. The Kier molecular flexibility index (Phi) is 5.22. The molecule has 0 aromatic heterocycles. The second-order valence-corrected chi connectivity index (χ2v) is 6.01. The molecule has 0 spiro atoms. The maximum Gasteiger partial charge on any atom is 0.240 e. The predicted molar refractivity (Wildman–Crippen MR) is 77.9 cm³/mol. The molecule has 2 unspecified atom stereocenters. The molecule has 2 aliphatic heterocycles. The number of nitrogens with zero attached hydrogens (tertiary/aromatic N) is 2. The van der Waals surface area contributed by atoms with Crippen LogP contribution >= 0.6 is 0 Å². The Morgan fingerprint density at radius 3 is 2.47 bits per heavy atom. The third-order valence-corrected chi connectivity index (χ3v) is 4.46. The maximum absolute atomic E-state index is 12.3. The standard InChI is InChI=1S/C15H29N3O/c1-4-6-14-16-12(3)15(19)18(14)13-7-10-17(9-5-2)11-8-13/h12-14,16H,4-11H2,1-3H3. The third kappa shape index (κ3) is 3.29. The van der Waals surface area contributed by atoms with E-state index in [2.05, 4.69) is 29.0 Å². The van der Waals surface area contributed by atoms with E-state index in [1.165, 1.54) is 13.0 Å². The Morgan fingerprint density at radius 1 is 1.21 bits per heavy atom. The van der Waals surface area contributed by atoms with Gasteiger partial charge in [0.15, 0.2) is 0 Å². The van der Waals surface area contributed by atoms with Gasteiger partial charge in [-0.05, 0) is 39.2 Å². The van der Waals surface area contributed by atoms with Crippen LogP contribution in [0.5, 0.6) is 0 Å². The van der Waals surface area contributed by atoms with E-state index in [4.69, 9.17) is 0 Å². The molecule has 0 radical (unpaired) electrons. The lowest BCUT2D eigenvalue weighted by atomic mass is 10.0. The van der Waals surface area contributed by atoms with Crippen molar-refractivity contribution in [2.45, 2.75) is 71.1 Å². The molecule has 2 heterocycles. The molecule has 4 nitrogen and oxygen atoms in total. The Balaban J connectivity index is 1.94. The van der Waals surface area contributed by atoms with Gasteiger partial charge in [0, 0.05) is 19.1 Å². The van der Waals surface area contributed by atoms with Gasteiger partial charge in [-0.25, -0.2) is 0 Å². The van der Waals surface area contributed by atoms with Gasteiger partial charge < -0.3 is 9.80 Å². The lowest BCUT2D eigenvalue weighted by molar-refractivity contribution is -0.133. The molecule has 2 fully saturated rings. The molecular weight excluding hydrogens is 238 g/mol. The first-order valence-electron chi connectivity index (χ1n) is 7.98. The molecule has 0 aromatic carbocycles. The van der Waals surface area contributed by atoms with Crippen LogP contribution in [-0.2, 0) is 4.79 Å². The minimum atomic E-state index is 0.00483. The minimum absolute atomic E-state index is 0.00483. The predicted octanol–water partition coefficient (Wildman–Crippen LogP) is 1.81. The second-order valence-electron chi connectivity index (χ2n) is 6.01. The highest BCUT2D eigenvalue weighted by atomic mass is 16.2. The van der Waals surface area contributed by atoms with E-state index in [9.17, 15) is 4.79 Å². The Labute approximate surface area is 117 Å². The Morgan fingerprint density at radius 2 is 1.89 bits per heavy atom. The summed E-state index contributed by atoms with van der Waals surface area (Å²) >= 11 is 0. The normalized spacial score (nSPS) is 30.3. The number of nitrogens with one attached hydrogen (secondary N) is 1. The summed E-state index contributed by atoms with van der Waals surface area (Å²) in [5, 5.41) is 3.45.